The monoisotopic (exact) mass is 267 g/mol. The average Bonchev–Trinajstić information content (AvgIpc) is 2.23. The molecule has 0 atom stereocenters. The fourth-order valence-corrected chi connectivity index (χ4v) is 1.91. The van der Waals surface area contributed by atoms with E-state index in [1.165, 1.54) is 16.7 Å². The van der Waals surface area contributed by atoms with E-state index in [1.807, 2.05) is 0 Å². The van der Waals surface area contributed by atoms with Gasteiger partial charge in [-0.25, -0.2) is 4.79 Å². The van der Waals surface area contributed by atoms with Gasteiger partial charge in [0, 0.05) is 10.7 Å². The Bertz CT molecular complexity index is 603. The lowest BCUT2D eigenvalue weighted by Crippen LogP contribution is -2.21. The first-order valence-corrected chi connectivity index (χ1v) is 4.94. The third kappa shape index (κ3) is 1.55. The first kappa shape index (κ1) is 9.92. The van der Waals surface area contributed by atoms with E-state index >= 15 is 0 Å². The van der Waals surface area contributed by atoms with Crippen LogP contribution < -0.4 is 5.56 Å². The summed E-state index contributed by atoms with van der Waals surface area (Å²) in [7, 11) is 0. The van der Waals surface area contributed by atoms with Crippen LogP contribution in [0.2, 0.25) is 0 Å². The number of carboxylic acids is 1. The van der Waals surface area contributed by atoms with Crippen molar-refractivity contribution in [1.82, 2.24) is 4.40 Å². The first-order chi connectivity index (χ1) is 7.11. The number of hydrogen-bond acceptors (Lipinski definition) is 2. The van der Waals surface area contributed by atoms with Crippen molar-refractivity contribution in [2.75, 3.05) is 0 Å². The van der Waals surface area contributed by atoms with E-state index in [2.05, 4.69) is 15.9 Å². The van der Waals surface area contributed by atoms with E-state index in [4.69, 9.17) is 5.11 Å². The van der Waals surface area contributed by atoms with Crippen LogP contribution in [0, 0.1) is 0 Å². The van der Waals surface area contributed by atoms with Crippen molar-refractivity contribution in [3.05, 3.63) is 50.9 Å². The largest absolute Gasteiger partial charge is 0.477 e. The smallest absolute Gasteiger partial charge is 0.341 e. The predicted molar refractivity (Wildman–Crippen MR) is 58.3 cm³/mol. The standard InChI is InChI=1S/C10H6BrNO3/c11-7-5-6(10(14)15)9(13)12-4-2-1-3-8(7)12/h1-5H,(H,14,15). The summed E-state index contributed by atoms with van der Waals surface area (Å²) in [5, 5.41) is 8.82. The Hall–Kier alpha value is -1.62. The topological polar surface area (TPSA) is 58.8 Å². The fraction of sp³-hybridized carbons (Fsp3) is 0. The van der Waals surface area contributed by atoms with Gasteiger partial charge in [-0.3, -0.25) is 9.20 Å². The number of fused-ring (bicyclic) bond motifs is 1. The summed E-state index contributed by atoms with van der Waals surface area (Å²) in [5.41, 5.74) is -0.126. The Morgan fingerprint density at radius 3 is 2.80 bits per heavy atom. The second-order valence-corrected chi connectivity index (χ2v) is 3.83. The van der Waals surface area contributed by atoms with Crippen molar-refractivity contribution in [3.8, 4) is 0 Å². The number of rotatable bonds is 1. The molecule has 0 bridgehead atoms. The molecule has 0 saturated heterocycles. The molecule has 0 aliphatic rings. The zero-order valence-corrected chi connectivity index (χ0v) is 9.06. The normalized spacial score (nSPS) is 10.5. The number of halogens is 1. The molecule has 4 nitrogen and oxygen atoms in total. The van der Waals surface area contributed by atoms with Gasteiger partial charge in [0.1, 0.15) is 5.56 Å². The number of pyridine rings is 2. The maximum absolute atomic E-state index is 11.7. The maximum Gasteiger partial charge on any atom is 0.341 e. The minimum atomic E-state index is -1.22. The molecule has 15 heavy (non-hydrogen) atoms. The number of carbonyl (C=O) groups is 1. The molecular weight excluding hydrogens is 262 g/mol. The van der Waals surface area contributed by atoms with Gasteiger partial charge in [0.15, 0.2) is 0 Å². The second-order valence-electron chi connectivity index (χ2n) is 2.97. The lowest BCUT2D eigenvalue weighted by atomic mass is 10.2. The minimum Gasteiger partial charge on any atom is -0.477 e. The fourth-order valence-electron chi connectivity index (χ4n) is 1.36. The van der Waals surface area contributed by atoms with Crippen molar-refractivity contribution in [2.45, 2.75) is 0 Å². The number of aromatic nitrogens is 1. The molecule has 2 rings (SSSR count). The third-order valence-corrected chi connectivity index (χ3v) is 2.69. The van der Waals surface area contributed by atoms with Gasteiger partial charge in [0.25, 0.3) is 5.56 Å². The van der Waals surface area contributed by atoms with Crippen LogP contribution in [-0.2, 0) is 0 Å². The summed E-state index contributed by atoms with van der Waals surface area (Å²) >= 11 is 3.23. The van der Waals surface area contributed by atoms with Gasteiger partial charge < -0.3 is 5.11 Å². The average molecular weight is 268 g/mol. The molecule has 1 N–H and O–H groups in total. The summed E-state index contributed by atoms with van der Waals surface area (Å²) in [6, 6.07) is 6.50. The molecular formula is C10H6BrNO3. The van der Waals surface area contributed by atoms with Crippen molar-refractivity contribution >= 4 is 27.4 Å². The molecule has 5 heteroatoms. The lowest BCUT2D eigenvalue weighted by molar-refractivity contribution is 0.0694. The highest BCUT2D eigenvalue weighted by Gasteiger charge is 2.12. The van der Waals surface area contributed by atoms with E-state index in [0.29, 0.717) is 9.99 Å². The Labute approximate surface area is 92.9 Å². The molecule has 0 aliphatic carbocycles. The lowest BCUT2D eigenvalue weighted by Gasteiger charge is -2.03. The van der Waals surface area contributed by atoms with Gasteiger partial charge in [-0.15, -0.1) is 0 Å². The highest BCUT2D eigenvalue weighted by molar-refractivity contribution is 9.10. The minimum absolute atomic E-state index is 0.245. The quantitative estimate of drug-likeness (QED) is 0.857. The molecule has 0 amide bonds. The summed E-state index contributed by atoms with van der Waals surface area (Å²) in [4.78, 5) is 22.5. The van der Waals surface area contributed by atoms with Crippen LogP contribution in [0.1, 0.15) is 10.4 Å². The van der Waals surface area contributed by atoms with Crippen LogP contribution in [-0.4, -0.2) is 15.5 Å². The van der Waals surface area contributed by atoms with E-state index in [-0.39, 0.29) is 5.56 Å². The maximum atomic E-state index is 11.7. The zero-order valence-electron chi connectivity index (χ0n) is 7.48. The second kappa shape index (κ2) is 3.51. The van der Waals surface area contributed by atoms with Crippen LogP contribution in [0.15, 0.2) is 39.7 Å². The summed E-state index contributed by atoms with van der Waals surface area (Å²) in [5.74, 6) is -1.22. The molecule has 0 aliphatic heterocycles. The van der Waals surface area contributed by atoms with E-state index in [0.717, 1.165) is 0 Å². The molecule has 0 radical (unpaired) electrons. The molecule has 0 aromatic carbocycles. The Balaban J connectivity index is 2.97. The Morgan fingerprint density at radius 1 is 1.40 bits per heavy atom. The van der Waals surface area contributed by atoms with Crippen LogP contribution in [0.3, 0.4) is 0 Å². The Morgan fingerprint density at radius 2 is 2.13 bits per heavy atom. The van der Waals surface area contributed by atoms with Gasteiger partial charge in [-0.2, -0.15) is 0 Å². The molecule has 0 saturated carbocycles. The van der Waals surface area contributed by atoms with Crippen LogP contribution in [0.25, 0.3) is 5.52 Å². The molecule has 76 valence electrons. The van der Waals surface area contributed by atoms with Gasteiger partial charge >= 0.3 is 5.97 Å². The summed E-state index contributed by atoms with van der Waals surface area (Å²) in [6.45, 7) is 0. The van der Waals surface area contributed by atoms with Crippen molar-refractivity contribution in [1.29, 1.82) is 0 Å². The number of carboxylic acid groups (broad SMARTS) is 1. The predicted octanol–water partition coefficient (Wildman–Crippen LogP) is 1.76. The van der Waals surface area contributed by atoms with Crippen molar-refractivity contribution in [3.63, 3.8) is 0 Å². The molecule has 0 fully saturated rings. The highest BCUT2D eigenvalue weighted by atomic mass is 79.9. The van der Waals surface area contributed by atoms with Gasteiger partial charge in [0.2, 0.25) is 0 Å². The third-order valence-electron chi connectivity index (χ3n) is 2.06. The van der Waals surface area contributed by atoms with Crippen LogP contribution in [0.4, 0.5) is 0 Å². The van der Waals surface area contributed by atoms with E-state index in [9.17, 15) is 9.59 Å². The molecule has 2 heterocycles. The number of aromatic carboxylic acids is 1. The van der Waals surface area contributed by atoms with Crippen molar-refractivity contribution in [2.24, 2.45) is 0 Å². The van der Waals surface area contributed by atoms with Gasteiger partial charge in [0.05, 0.1) is 5.52 Å². The highest BCUT2D eigenvalue weighted by Crippen LogP contribution is 2.16. The van der Waals surface area contributed by atoms with Gasteiger partial charge in [-0.05, 0) is 34.1 Å². The van der Waals surface area contributed by atoms with Crippen molar-refractivity contribution < 1.29 is 9.90 Å². The number of hydrogen-bond donors (Lipinski definition) is 1. The van der Waals surface area contributed by atoms with Gasteiger partial charge in [-0.1, -0.05) is 6.07 Å². The van der Waals surface area contributed by atoms with E-state index < -0.39 is 11.5 Å². The Kier molecular flexibility index (Phi) is 2.32. The summed E-state index contributed by atoms with van der Waals surface area (Å²) in [6.07, 6.45) is 1.54. The first-order valence-electron chi connectivity index (χ1n) is 4.14. The van der Waals surface area contributed by atoms with E-state index in [1.54, 1.807) is 18.2 Å². The van der Waals surface area contributed by atoms with Crippen LogP contribution in [0.5, 0.6) is 0 Å². The zero-order chi connectivity index (χ0) is 11.0. The number of nitrogens with zero attached hydrogens (tertiary/aromatic N) is 1. The molecule has 2 aromatic rings. The molecule has 2 aromatic heterocycles. The molecule has 0 unspecified atom stereocenters. The van der Waals surface area contributed by atoms with Crippen LogP contribution >= 0.6 is 15.9 Å². The molecule has 0 spiro atoms. The SMILES string of the molecule is O=C(O)c1cc(Br)c2ccccn2c1=O. The summed E-state index contributed by atoms with van der Waals surface area (Å²) < 4.78 is 1.88.